The summed E-state index contributed by atoms with van der Waals surface area (Å²) in [5.74, 6) is 0. The van der Waals surface area contributed by atoms with Gasteiger partial charge in [-0.1, -0.05) is 0 Å². The topological polar surface area (TPSA) is 29.4 Å². The first-order chi connectivity index (χ1) is 1.91. The second-order valence-electron chi connectivity index (χ2n) is 0.111. The van der Waals surface area contributed by atoms with Crippen molar-refractivity contribution < 1.29 is 26.2 Å². The van der Waals surface area contributed by atoms with Crippen LogP contribution in [0.15, 0.2) is 3.72 Å². The maximum atomic E-state index is 10.1. The molecule has 0 saturated heterocycles. The van der Waals surface area contributed by atoms with Crippen LogP contribution < -0.4 is 0 Å². The van der Waals surface area contributed by atoms with Crippen molar-refractivity contribution in [3.63, 3.8) is 0 Å². The number of hydrogen-bond acceptors (Lipinski definition) is 2. The van der Waals surface area contributed by atoms with Crippen LogP contribution in [-0.4, -0.2) is 0 Å². The Kier molecular flexibility index (Phi) is 3.39. The Bertz CT molecular complexity index is 46.0. The summed E-state index contributed by atoms with van der Waals surface area (Å²) in [6.07, 6.45) is 0. The molecular formula is FNOPt. The van der Waals surface area contributed by atoms with E-state index in [0.717, 1.165) is 0 Å². The summed E-state index contributed by atoms with van der Waals surface area (Å²) in [6.45, 7) is 0. The van der Waals surface area contributed by atoms with Crippen LogP contribution in [0.1, 0.15) is 0 Å². The van der Waals surface area contributed by atoms with Gasteiger partial charge in [-0.2, -0.15) is 0 Å². The zero-order valence-corrected chi connectivity index (χ0v) is 3.82. The fourth-order valence-corrected chi connectivity index (χ4v) is 0. The molecule has 4 heteroatoms. The Morgan fingerprint density at radius 3 is 2.25 bits per heavy atom. The monoisotopic (exact) mass is 244 g/mol. The van der Waals surface area contributed by atoms with E-state index in [0.29, 0.717) is 0 Å². The molecule has 0 saturated carbocycles. The average Bonchev–Trinajstić information content (AvgIpc) is 1.37. The molecule has 0 aliphatic heterocycles. The maximum absolute atomic E-state index is 10.1. The third-order valence-corrected chi connectivity index (χ3v) is 0.179. The molecule has 0 radical (unpaired) electrons. The molecule has 2 nitrogen and oxygen atoms in total. The van der Waals surface area contributed by atoms with E-state index in [1.165, 1.54) is 0 Å². The number of nitrogens with zero attached hydrogens (tertiary/aromatic N) is 1. The second-order valence-corrected chi connectivity index (χ2v) is 0.910. The first-order valence-corrected chi connectivity index (χ1v) is 2.38. The average molecular weight is 244 g/mol. The predicted octanol–water partition coefficient (Wildman–Crippen LogP) is 0.483. The summed E-state index contributed by atoms with van der Waals surface area (Å²) in [5, 5.41) is 0. The van der Waals surface area contributed by atoms with E-state index in [9.17, 15) is 4.48 Å². The van der Waals surface area contributed by atoms with Gasteiger partial charge in [0.05, 0.1) is 0 Å². The van der Waals surface area contributed by atoms with Gasteiger partial charge in [0, 0.05) is 0 Å². The van der Waals surface area contributed by atoms with Gasteiger partial charge in [-0.05, 0) is 0 Å². The third-order valence-electron chi connectivity index (χ3n) is 0.0218. The molecule has 0 heterocycles. The van der Waals surface area contributed by atoms with E-state index < -0.39 is 18.3 Å². The zero-order valence-electron chi connectivity index (χ0n) is 1.55. The summed E-state index contributed by atoms with van der Waals surface area (Å²) >= 11 is -1.69. The van der Waals surface area contributed by atoms with Gasteiger partial charge in [-0.25, -0.2) is 0 Å². The van der Waals surface area contributed by atoms with E-state index in [2.05, 4.69) is 0 Å². The van der Waals surface area contributed by atoms with Crippen LogP contribution in [-0.2, 0) is 21.7 Å². The van der Waals surface area contributed by atoms with Gasteiger partial charge in [0.15, 0.2) is 0 Å². The van der Waals surface area contributed by atoms with Crippen LogP contribution in [0.25, 0.3) is 0 Å². The predicted molar refractivity (Wildman–Crippen MR) is 4.22 cm³/mol. The van der Waals surface area contributed by atoms with Gasteiger partial charge in [0.25, 0.3) is 0 Å². The summed E-state index contributed by atoms with van der Waals surface area (Å²) < 4.78 is 20.7. The van der Waals surface area contributed by atoms with Gasteiger partial charge >= 0.3 is 29.9 Å². The first kappa shape index (κ1) is 4.22. The van der Waals surface area contributed by atoms with Crippen molar-refractivity contribution in [2.75, 3.05) is 0 Å². The first-order valence-electron chi connectivity index (χ1n) is 0.440. The fourth-order valence-electron chi connectivity index (χ4n) is 0. The molecule has 0 aliphatic rings. The number of rotatable bonds is 0. The van der Waals surface area contributed by atoms with Gasteiger partial charge in [0.2, 0.25) is 0 Å². The van der Waals surface area contributed by atoms with Crippen molar-refractivity contribution in [1.29, 1.82) is 0 Å². The van der Waals surface area contributed by atoms with Crippen LogP contribution in [0, 0.1) is 0 Å². The van der Waals surface area contributed by atoms with Gasteiger partial charge in [-0.15, -0.1) is 0 Å². The Balaban J connectivity index is 3.11. The Labute approximate surface area is 30.6 Å². The van der Waals surface area contributed by atoms with Crippen LogP contribution in [0.5, 0.6) is 0 Å². The zero-order chi connectivity index (χ0) is 3.41. The Hall–Kier alpha value is 0.218. The van der Waals surface area contributed by atoms with Crippen molar-refractivity contribution in [3.8, 4) is 0 Å². The Morgan fingerprint density at radius 1 is 2.00 bits per heavy atom. The van der Waals surface area contributed by atoms with E-state index in [1.54, 1.807) is 3.72 Å². The van der Waals surface area contributed by atoms with Crippen molar-refractivity contribution in [3.05, 3.63) is 0 Å². The molecule has 0 rings (SSSR count). The van der Waals surface area contributed by atoms with Crippen LogP contribution in [0.3, 0.4) is 0 Å². The van der Waals surface area contributed by atoms with Crippen molar-refractivity contribution in [1.82, 2.24) is 0 Å². The third kappa shape index (κ3) is 2.22. The molecule has 0 spiro atoms. The minimum atomic E-state index is -1.69. The van der Waals surface area contributed by atoms with E-state index in [-0.39, 0.29) is 0 Å². The van der Waals surface area contributed by atoms with Crippen molar-refractivity contribution in [2.24, 2.45) is 3.72 Å². The van der Waals surface area contributed by atoms with Crippen molar-refractivity contribution in [2.45, 2.75) is 0 Å². The number of hydrogen-bond donors (Lipinski definition) is 0. The second kappa shape index (κ2) is 3.22. The van der Waals surface area contributed by atoms with Crippen LogP contribution in [0.2, 0.25) is 0 Å². The molecule has 0 unspecified atom stereocenters. The quantitative estimate of drug-likeness (QED) is 0.609. The molecule has 4 heavy (non-hydrogen) atoms. The van der Waals surface area contributed by atoms with E-state index in [4.69, 9.17) is 3.40 Å². The van der Waals surface area contributed by atoms with E-state index in [1.807, 2.05) is 0 Å². The molecule has 0 aromatic heterocycles. The molecule has 0 aromatic rings. The standard InChI is InChI=1S/FN.O.Pt/c1-2;;. The molecule has 0 N–H and O–H groups in total. The summed E-state index contributed by atoms with van der Waals surface area (Å²) in [5.41, 5.74) is 0. The number of halogens is 1. The molecule has 0 bridgehead atoms. The molecular weight excluding hydrogens is 244 g/mol. The molecule has 0 aliphatic carbocycles. The molecule has 0 aromatic carbocycles. The summed E-state index contributed by atoms with van der Waals surface area (Å²) in [6, 6.07) is 0. The molecule has 0 fully saturated rings. The van der Waals surface area contributed by atoms with Crippen LogP contribution in [0.4, 0.5) is 4.48 Å². The van der Waals surface area contributed by atoms with Gasteiger partial charge in [-0.3, -0.25) is 0 Å². The normalized spacial score (nSPS) is 7.25. The summed E-state index contributed by atoms with van der Waals surface area (Å²) in [7, 11) is 0. The molecule has 28 valence electrons. The molecule has 0 atom stereocenters. The van der Waals surface area contributed by atoms with E-state index >= 15 is 0 Å². The fraction of sp³-hybridized carbons (Fsp3) is 0. The minimum absolute atomic E-state index is 1.69. The SMILES string of the molecule is [O]=[Pt]=[N]F. The van der Waals surface area contributed by atoms with Gasteiger partial charge < -0.3 is 0 Å². The van der Waals surface area contributed by atoms with Gasteiger partial charge in [0.1, 0.15) is 0 Å². The van der Waals surface area contributed by atoms with Crippen LogP contribution >= 0.6 is 0 Å². The molecule has 0 amide bonds. The Morgan fingerprint density at radius 2 is 2.25 bits per heavy atom. The van der Waals surface area contributed by atoms with Crippen molar-refractivity contribution >= 4 is 0 Å². The summed E-state index contributed by atoms with van der Waals surface area (Å²) in [4.78, 5) is 0.